The number of piperidine rings is 2. The van der Waals surface area contributed by atoms with E-state index in [0.29, 0.717) is 0 Å². The number of hydrogen-bond donors (Lipinski definition) is 0. The molecule has 0 bridgehead atoms. The van der Waals surface area contributed by atoms with Crippen LogP contribution in [0.3, 0.4) is 0 Å². The van der Waals surface area contributed by atoms with Crippen LogP contribution in [-0.2, 0) is 5.33 Å². The van der Waals surface area contributed by atoms with Gasteiger partial charge in [0.1, 0.15) is 0 Å². The van der Waals surface area contributed by atoms with Gasteiger partial charge in [0.05, 0.1) is 0 Å². The van der Waals surface area contributed by atoms with Crippen molar-refractivity contribution in [1.29, 1.82) is 0 Å². The topological polar surface area (TPSA) is 6.48 Å². The Bertz CT molecular complexity index is 460. The summed E-state index contributed by atoms with van der Waals surface area (Å²) in [6, 6.07) is 7.73. The van der Waals surface area contributed by atoms with Crippen molar-refractivity contribution in [3.8, 4) is 0 Å². The summed E-state index contributed by atoms with van der Waals surface area (Å²) in [7, 11) is 0. The normalized spacial score (nSPS) is 21.7. The van der Waals surface area contributed by atoms with Crippen LogP contribution < -0.4 is 4.90 Å². The number of anilines is 1. The predicted octanol–water partition coefficient (Wildman–Crippen LogP) is 4.34. The number of halogens is 1. The Morgan fingerprint density at radius 2 is 1.76 bits per heavy atom. The number of likely N-dealkylation sites (tertiary alicyclic amines) is 1. The lowest BCUT2D eigenvalue weighted by Gasteiger charge is -2.41. The van der Waals surface area contributed by atoms with Crippen LogP contribution in [0.1, 0.15) is 43.2 Å². The summed E-state index contributed by atoms with van der Waals surface area (Å²) in [4.78, 5) is 5.34. The molecule has 21 heavy (non-hydrogen) atoms. The first kappa shape index (κ1) is 15.4. The molecule has 2 aliphatic rings. The van der Waals surface area contributed by atoms with Gasteiger partial charge in [0.25, 0.3) is 0 Å². The average molecular weight is 351 g/mol. The molecular weight excluding hydrogens is 324 g/mol. The second-order valence-corrected chi connectivity index (χ2v) is 7.13. The summed E-state index contributed by atoms with van der Waals surface area (Å²) in [6.45, 7) is 7.36. The Kier molecular flexibility index (Phi) is 5.23. The minimum absolute atomic E-state index is 0.837. The molecule has 1 aromatic carbocycles. The molecule has 116 valence electrons. The molecule has 0 aromatic heterocycles. The monoisotopic (exact) mass is 350 g/mol. The van der Waals surface area contributed by atoms with E-state index in [9.17, 15) is 0 Å². The van der Waals surface area contributed by atoms with E-state index in [-0.39, 0.29) is 0 Å². The van der Waals surface area contributed by atoms with Crippen LogP contribution in [-0.4, -0.2) is 37.1 Å². The SMILES string of the molecule is Cc1cc(CBr)ccc1N1CCC(N2CCCCC2)CC1. The largest absolute Gasteiger partial charge is 0.371 e. The molecule has 0 amide bonds. The Hall–Kier alpha value is -0.540. The van der Waals surface area contributed by atoms with E-state index in [4.69, 9.17) is 0 Å². The summed E-state index contributed by atoms with van der Waals surface area (Å²) in [5, 5.41) is 0.950. The number of nitrogens with zero attached hydrogens (tertiary/aromatic N) is 2. The lowest BCUT2D eigenvalue weighted by atomic mass is 9.98. The van der Waals surface area contributed by atoms with Crippen molar-refractivity contribution in [3.63, 3.8) is 0 Å². The van der Waals surface area contributed by atoms with E-state index in [1.165, 1.54) is 75.1 Å². The Morgan fingerprint density at radius 1 is 1.05 bits per heavy atom. The molecule has 1 aromatic rings. The number of aryl methyl sites for hydroxylation is 1. The molecule has 2 nitrogen and oxygen atoms in total. The molecule has 0 saturated carbocycles. The molecule has 0 radical (unpaired) electrons. The minimum Gasteiger partial charge on any atom is -0.371 e. The fraction of sp³-hybridized carbons (Fsp3) is 0.667. The highest BCUT2D eigenvalue weighted by molar-refractivity contribution is 9.08. The molecule has 2 aliphatic heterocycles. The number of rotatable bonds is 3. The summed E-state index contributed by atoms with van der Waals surface area (Å²) in [5.41, 5.74) is 4.24. The third-order valence-corrected chi connectivity index (χ3v) is 5.78. The van der Waals surface area contributed by atoms with Gasteiger partial charge in [-0.25, -0.2) is 0 Å². The molecule has 0 aliphatic carbocycles. The van der Waals surface area contributed by atoms with E-state index < -0.39 is 0 Å². The third kappa shape index (κ3) is 3.62. The van der Waals surface area contributed by atoms with Crippen molar-refractivity contribution in [2.75, 3.05) is 31.1 Å². The van der Waals surface area contributed by atoms with E-state index in [2.05, 4.69) is 50.9 Å². The first-order valence-corrected chi connectivity index (χ1v) is 9.54. The summed E-state index contributed by atoms with van der Waals surface area (Å²) in [6.07, 6.45) is 6.92. The lowest BCUT2D eigenvalue weighted by molar-refractivity contribution is 0.141. The third-order valence-electron chi connectivity index (χ3n) is 5.13. The molecule has 0 atom stereocenters. The van der Waals surface area contributed by atoms with Crippen molar-refractivity contribution in [3.05, 3.63) is 29.3 Å². The van der Waals surface area contributed by atoms with Crippen LogP contribution in [0.25, 0.3) is 0 Å². The van der Waals surface area contributed by atoms with Crippen LogP contribution in [0.4, 0.5) is 5.69 Å². The second-order valence-electron chi connectivity index (χ2n) is 6.57. The first-order valence-electron chi connectivity index (χ1n) is 8.42. The van der Waals surface area contributed by atoms with Crippen molar-refractivity contribution in [1.82, 2.24) is 4.90 Å². The van der Waals surface area contributed by atoms with Gasteiger partial charge in [-0.05, 0) is 62.9 Å². The van der Waals surface area contributed by atoms with E-state index in [1.54, 1.807) is 0 Å². The predicted molar refractivity (Wildman–Crippen MR) is 94.5 cm³/mol. The lowest BCUT2D eigenvalue weighted by Crippen LogP contribution is -2.46. The van der Waals surface area contributed by atoms with Gasteiger partial charge in [-0.2, -0.15) is 0 Å². The zero-order chi connectivity index (χ0) is 14.7. The van der Waals surface area contributed by atoms with Gasteiger partial charge >= 0.3 is 0 Å². The maximum atomic E-state index is 3.55. The van der Waals surface area contributed by atoms with Gasteiger partial charge in [0.2, 0.25) is 0 Å². The Morgan fingerprint density at radius 3 is 2.38 bits per heavy atom. The van der Waals surface area contributed by atoms with Crippen LogP contribution in [0.15, 0.2) is 18.2 Å². The zero-order valence-electron chi connectivity index (χ0n) is 13.2. The molecule has 3 heteroatoms. The minimum atomic E-state index is 0.837. The molecule has 0 N–H and O–H groups in total. The van der Waals surface area contributed by atoms with Crippen molar-refractivity contribution >= 4 is 21.6 Å². The summed E-state index contributed by atoms with van der Waals surface area (Å²) in [5.74, 6) is 0. The quantitative estimate of drug-likeness (QED) is 0.748. The van der Waals surface area contributed by atoms with Gasteiger partial charge in [0, 0.05) is 30.1 Å². The smallest absolute Gasteiger partial charge is 0.0396 e. The number of alkyl halides is 1. The van der Waals surface area contributed by atoms with Gasteiger partial charge in [-0.1, -0.05) is 34.5 Å². The Labute approximate surface area is 137 Å². The number of benzene rings is 1. The highest BCUT2D eigenvalue weighted by Gasteiger charge is 2.26. The highest BCUT2D eigenvalue weighted by atomic mass is 79.9. The maximum Gasteiger partial charge on any atom is 0.0396 e. The van der Waals surface area contributed by atoms with Crippen LogP contribution in [0, 0.1) is 6.92 Å². The standard InChI is InChI=1S/C18H27BrN2/c1-15-13-16(14-19)5-6-18(15)21-11-7-17(8-12-21)20-9-3-2-4-10-20/h5-6,13,17H,2-4,7-12,14H2,1H3. The second kappa shape index (κ2) is 7.15. The molecule has 2 heterocycles. The molecular formula is C18H27BrN2. The Balaban J connectivity index is 1.60. The van der Waals surface area contributed by atoms with Gasteiger partial charge in [-0.15, -0.1) is 0 Å². The number of hydrogen-bond acceptors (Lipinski definition) is 2. The van der Waals surface area contributed by atoms with Crippen LogP contribution >= 0.6 is 15.9 Å². The van der Waals surface area contributed by atoms with Gasteiger partial charge in [0.15, 0.2) is 0 Å². The molecule has 2 fully saturated rings. The van der Waals surface area contributed by atoms with E-state index in [0.717, 1.165) is 11.4 Å². The fourth-order valence-electron chi connectivity index (χ4n) is 3.91. The molecule has 2 saturated heterocycles. The average Bonchev–Trinajstić information content (AvgIpc) is 2.56. The summed E-state index contributed by atoms with van der Waals surface area (Å²) < 4.78 is 0. The van der Waals surface area contributed by atoms with Crippen molar-refractivity contribution in [2.24, 2.45) is 0 Å². The summed E-state index contributed by atoms with van der Waals surface area (Å²) >= 11 is 3.55. The van der Waals surface area contributed by atoms with Gasteiger partial charge in [-0.3, -0.25) is 0 Å². The van der Waals surface area contributed by atoms with Crippen molar-refractivity contribution < 1.29 is 0 Å². The zero-order valence-corrected chi connectivity index (χ0v) is 14.7. The van der Waals surface area contributed by atoms with E-state index in [1.807, 2.05) is 0 Å². The maximum absolute atomic E-state index is 3.55. The first-order chi connectivity index (χ1) is 10.3. The molecule has 0 unspecified atom stereocenters. The molecule has 3 rings (SSSR count). The fourth-order valence-corrected chi connectivity index (χ4v) is 4.26. The van der Waals surface area contributed by atoms with Crippen LogP contribution in [0.2, 0.25) is 0 Å². The van der Waals surface area contributed by atoms with Crippen molar-refractivity contribution in [2.45, 2.75) is 50.4 Å². The molecule has 0 spiro atoms. The highest BCUT2D eigenvalue weighted by Crippen LogP contribution is 2.27. The van der Waals surface area contributed by atoms with E-state index >= 15 is 0 Å². The van der Waals surface area contributed by atoms with Gasteiger partial charge < -0.3 is 9.80 Å². The van der Waals surface area contributed by atoms with Crippen LogP contribution in [0.5, 0.6) is 0 Å².